The number of benzene rings is 1. The number of nitrogens with zero attached hydrogens (tertiary/aromatic N) is 4. The van der Waals surface area contributed by atoms with Gasteiger partial charge in [-0.2, -0.15) is 5.26 Å². The molecule has 23 heavy (non-hydrogen) atoms. The van der Waals surface area contributed by atoms with Gasteiger partial charge in [0.15, 0.2) is 5.69 Å². The van der Waals surface area contributed by atoms with Gasteiger partial charge in [0, 0.05) is 17.4 Å². The maximum atomic E-state index is 11.9. The van der Waals surface area contributed by atoms with Crippen LogP contribution in [0.4, 0.5) is 5.69 Å². The van der Waals surface area contributed by atoms with Crippen LogP contribution in [0.3, 0.4) is 0 Å². The van der Waals surface area contributed by atoms with Crippen molar-refractivity contribution in [3.8, 4) is 23.2 Å². The van der Waals surface area contributed by atoms with Gasteiger partial charge in [-0.15, -0.1) is 10.2 Å². The van der Waals surface area contributed by atoms with E-state index in [1.807, 2.05) is 6.07 Å². The van der Waals surface area contributed by atoms with Crippen LogP contribution < -0.4 is 5.73 Å². The quantitative estimate of drug-likeness (QED) is 0.732. The summed E-state index contributed by atoms with van der Waals surface area (Å²) in [5, 5.41) is 16.5. The number of hydrogen-bond acceptors (Lipinski definition) is 7. The molecule has 0 radical (unpaired) electrons. The van der Waals surface area contributed by atoms with Gasteiger partial charge in [0.25, 0.3) is 0 Å². The van der Waals surface area contributed by atoms with E-state index in [2.05, 4.69) is 10.2 Å². The lowest BCUT2D eigenvalue weighted by Gasteiger charge is -2.08. The maximum absolute atomic E-state index is 11.9. The van der Waals surface area contributed by atoms with Gasteiger partial charge in [0.1, 0.15) is 6.07 Å². The zero-order chi connectivity index (χ0) is 16.4. The minimum atomic E-state index is -0.620. The number of nitriles is 1. The van der Waals surface area contributed by atoms with E-state index in [9.17, 15) is 4.79 Å². The minimum absolute atomic E-state index is 0.0836. The molecule has 0 aliphatic heterocycles. The summed E-state index contributed by atoms with van der Waals surface area (Å²) in [5.74, 6) is -0.237. The third kappa shape index (κ3) is 2.40. The normalized spacial score (nSPS) is 10.3. The first-order valence-corrected chi connectivity index (χ1v) is 6.52. The van der Waals surface area contributed by atoms with Crippen molar-refractivity contribution in [1.29, 1.82) is 5.26 Å². The number of nitrogens with two attached hydrogens (primary N) is 1. The lowest BCUT2D eigenvalue weighted by Crippen LogP contribution is -2.11. The van der Waals surface area contributed by atoms with E-state index < -0.39 is 5.97 Å². The Labute approximate surface area is 130 Å². The highest BCUT2D eigenvalue weighted by atomic mass is 16.5. The standard InChI is InChI=1S/C15H11N5O3/c1-22-15(21)13-12(17)10(6-16)7-20(13)11-4-2-9(3-5-11)14-19-18-8-23-14/h2-5,7-8H,17H2,1H3. The van der Waals surface area contributed by atoms with E-state index in [4.69, 9.17) is 20.1 Å². The summed E-state index contributed by atoms with van der Waals surface area (Å²) < 4.78 is 11.4. The molecule has 3 rings (SSSR count). The fraction of sp³-hybridized carbons (Fsp3) is 0.0667. The number of carbonyl (C=O) groups is 1. The first-order chi connectivity index (χ1) is 11.2. The molecule has 8 heteroatoms. The number of ether oxygens (including phenoxy) is 1. The Balaban J connectivity index is 2.08. The van der Waals surface area contributed by atoms with Crippen LogP contribution in [-0.2, 0) is 4.74 Å². The summed E-state index contributed by atoms with van der Waals surface area (Å²) in [5.41, 5.74) is 7.62. The molecule has 0 atom stereocenters. The molecule has 0 spiro atoms. The van der Waals surface area contributed by atoms with Crippen LogP contribution in [0.25, 0.3) is 17.1 Å². The minimum Gasteiger partial charge on any atom is -0.464 e. The molecule has 0 aliphatic carbocycles. The number of esters is 1. The number of hydrogen-bond donors (Lipinski definition) is 1. The highest BCUT2D eigenvalue weighted by Crippen LogP contribution is 2.26. The van der Waals surface area contributed by atoms with Crippen molar-refractivity contribution < 1.29 is 13.9 Å². The molecule has 0 aliphatic rings. The van der Waals surface area contributed by atoms with Crippen molar-refractivity contribution in [3.63, 3.8) is 0 Å². The second kappa shape index (κ2) is 5.65. The van der Waals surface area contributed by atoms with Gasteiger partial charge in [-0.3, -0.25) is 0 Å². The molecule has 0 amide bonds. The topological polar surface area (TPSA) is 120 Å². The predicted octanol–water partition coefficient (Wildman–Crippen LogP) is 1.77. The molecule has 8 nitrogen and oxygen atoms in total. The van der Waals surface area contributed by atoms with Crippen molar-refractivity contribution >= 4 is 11.7 Å². The zero-order valence-electron chi connectivity index (χ0n) is 12.1. The molecular weight excluding hydrogens is 298 g/mol. The summed E-state index contributed by atoms with van der Waals surface area (Å²) in [4.78, 5) is 11.9. The molecule has 1 aromatic carbocycles. The SMILES string of the molecule is COC(=O)c1c(N)c(C#N)cn1-c1ccc(-c2nnco2)cc1. The predicted molar refractivity (Wildman–Crippen MR) is 79.5 cm³/mol. The number of nitrogen functional groups attached to an aromatic ring is 1. The van der Waals surface area contributed by atoms with Gasteiger partial charge in [-0.05, 0) is 24.3 Å². The van der Waals surface area contributed by atoms with Gasteiger partial charge in [0.2, 0.25) is 12.3 Å². The third-order valence-electron chi connectivity index (χ3n) is 3.30. The molecule has 0 unspecified atom stereocenters. The van der Waals surface area contributed by atoms with Gasteiger partial charge in [-0.25, -0.2) is 4.79 Å². The Morgan fingerprint density at radius 2 is 2.13 bits per heavy atom. The van der Waals surface area contributed by atoms with Gasteiger partial charge in [-0.1, -0.05) is 0 Å². The first-order valence-electron chi connectivity index (χ1n) is 6.52. The van der Waals surface area contributed by atoms with Crippen LogP contribution >= 0.6 is 0 Å². The van der Waals surface area contributed by atoms with Gasteiger partial charge < -0.3 is 19.5 Å². The molecule has 0 saturated heterocycles. The smallest absolute Gasteiger partial charge is 0.357 e. The summed E-state index contributed by atoms with van der Waals surface area (Å²) in [6.07, 6.45) is 2.73. The van der Waals surface area contributed by atoms with Crippen LogP contribution in [0, 0.1) is 11.3 Å². The molecular formula is C15H11N5O3. The number of carbonyl (C=O) groups excluding carboxylic acids is 1. The second-order valence-electron chi connectivity index (χ2n) is 4.57. The van der Waals surface area contributed by atoms with Crippen LogP contribution in [0.5, 0.6) is 0 Å². The Morgan fingerprint density at radius 1 is 1.39 bits per heavy atom. The summed E-state index contributed by atoms with van der Waals surface area (Å²) in [6, 6.07) is 8.95. The number of anilines is 1. The Kier molecular flexibility index (Phi) is 3.52. The van der Waals surface area contributed by atoms with Gasteiger partial charge >= 0.3 is 5.97 Å². The van der Waals surface area contributed by atoms with Crippen molar-refractivity contribution in [3.05, 3.63) is 48.1 Å². The van der Waals surface area contributed by atoms with Crippen LogP contribution in [-0.4, -0.2) is 27.8 Å². The summed E-state index contributed by atoms with van der Waals surface area (Å²) >= 11 is 0. The molecule has 2 heterocycles. The monoisotopic (exact) mass is 309 g/mol. The molecule has 0 fully saturated rings. The molecule has 2 N–H and O–H groups in total. The largest absolute Gasteiger partial charge is 0.464 e. The van der Waals surface area contributed by atoms with Crippen LogP contribution in [0.15, 0.2) is 41.3 Å². The highest BCUT2D eigenvalue weighted by molar-refractivity contribution is 5.95. The highest BCUT2D eigenvalue weighted by Gasteiger charge is 2.21. The van der Waals surface area contributed by atoms with Gasteiger partial charge in [0.05, 0.1) is 18.4 Å². The first kappa shape index (κ1) is 14.3. The number of rotatable bonds is 3. The number of methoxy groups -OCH3 is 1. The van der Waals surface area contributed by atoms with E-state index in [-0.39, 0.29) is 16.9 Å². The fourth-order valence-corrected chi connectivity index (χ4v) is 2.18. The molecule has 3 aromatic rings. The van der Waals surface area contributed by atoms with Crippen LogP contribution in [0.2, 0.25) is 0 Å². The van der Waals surface area contributed by atoms with E-state index >= 15 is 0 Å². The molecule has 114 valence electrons. The maximum Gasteiger partial charge on any atom is 0.357 e. The average Bonchev–Trinajstić information content (AvgIpc) is 3.22. The lowest BCUT2D eigenvalue weighted by atomic mass is 10.2. The van der Waals surface area contributed by atoms with E-state index in [1.54, 1.807) is 24.3 Å². The Hall–Kier alpha value is -3.60. The molecule has 2 aromatic heterocycles. The third-order valence-corrected chi connectivity index (χ3v) is 3.30. The van der Waals surface area contributed by atoms with E-state index in [0.717, 1.165) is 5.56 Å². The Bertz CT molecular complexity index is 889. The lowest BCUT2D eigenvalue weighted by molar-refractivity contribution is 0.0593. The second-order valence-corrected chi connectivity index (χ2v) is 4.57. The fourth-order valence-electron chi connectivity index (χ4n) is 2.18. The number of aromatic nitrogens is 3. The summed E-state index contributed by atoms with van der Waals surface area (Å²) in [6.45, 7) is 0. The molecule has 0 bridgehead atoms. The molecule has 0 saturated carbocycles. The van der Waals surface area contributed by atoms with E-state index in [1.165, 1.54) is 24.3 Å². The zero-order valence-corrected chi connectivity index (χ0v) is 12.1. The van der Waals surface area contributed by atoms with Crippen molar-refractivity contribution in [2.45, 2.75) is 0 Å². The van der Waals surface area contributed by atoms with Crippen LogP contribution in [0.1, 0.15) is 16.1 Å². The van der Waals surface area contributed by atoms with E-state index in [0.29, 0.717) is 11.6 Å². The average molecular weight is 309 g/mol. The van der Waals surface area contributed by atoms with Crippen molar-refractivity contribution in [1.82, 2.24) is 14.8 Å². The van der Waals surface area contributed by atoms with Crippen molar-refractivity contribution in [2.75, 3.05) is 12.8 Å². The summed E-state index contributed by atoms with van der Waals surface area (Å²) in [7, 11) is 1.25. The Morgan fingerprint density at radius 3 is 2.70 bits per heavy atom. The van der Waals surface area contributed by atoms with Crippen molar-refractivity contribution in [2.24, 2.45) is 0 Å².